The summed E-state index contributed by atoms with van der Waals surface area (Å²) in [5.41, 5.74) is 0. The highest BCUT2D eigenvalue weighted by Crippen LogP contribution is 2.22. The minimum atomic E-state index is -1.01. The van der Waals surface area contributed by atoms with Crippen LogP contribution in [0.25, 0.3) is 0 Å². The Bertz CT molecular complexity index is 539. The first-order valence-electron chi connectivity index (χ1n) is 5.73. The molecule has 0 amide bonds. The second kappa shape index (κ2) is 5.86. The van der Waals surface area contributed by atoms with Gasteiger partial charge in [-0.15, -0.1) is 0 Å². The Labute approximate surface area is 110 Å². The molecule has 2 aromatic rings. The average molecular weight is 259 g/mol. The van der Waals surface area contributed by atoms with Crippen molar-refractivity contribution in [1.29, 1.82) is 0 Å². The van der Waals surface area contributed by atoms with Crippen LogP contribution in [0.2, 0.25) is 0 Å². The predicted molar refractivity (Wildman–Crippen MR) is 68.5 cm³/mol. The first-order chi connectivity index (χ1) is 9.15. The molecule has 0 spiro atoms. The van der Waals surface area contributed by atoms with Gasteiger partial charge in [0.05, 0.1) is 0 Å². The van der Waals surface area contributed by atoms with Crippen molar-refractivity contribution in [3.8, 4) is 17.4 Å². The Morgan fingerprint density at radius 1 is 1.16 bits per heavy atom. The van der Waals surface area contributed by atoms with E-state index in [0.29, 0.717) is 17.4 Å². The zero-order chi connectivity index (χ0) is 13.7. The molecule has 1 aromatic heterocycles. The van der Waals surface area contributed by atoms with Gasteiger partial charge in [0.1, 0.15) is 11.5 Å². The van der Waals surface area contributed by atoms with Crippen molar-refractivity contribution in [2.45, 2.75) is 13.0 Å². The van der Waals surface area contributed by atoms with E-state index in [1.807, 2.05) is 6.07 Å². The van der Waals surface area contributed by atoms with Crippen LogP contribution in [0.5, 0.6) is 17.4 Å². The molecule has 0 aliphatic heterocycles. The summed E-state index contributed by atoms with van der Waals surface area (Å²) < 4.78 is 10.7. The molecule has 0 bridgehead atoms. The second-order valence-electron chi connectivity index (χ2n) is 3.84. The number of rotatable bonds is 5. The van der Waals surface area contributed by atoms with E-state index >= 15 is 0 Å². The molecular formula is C14H13NO4. The lowest BCUT2D eigenvalue weighted by molar-refractivity contribution is -0.144. The molecule has 0 aliphatic rings. The van der Waals surface area contributed by atoms with E-state index in [9.17, 15) is 4.79 Å². The maximum Gasteiger partial charge on any atom is 0.344 e. The third-order valence-corrected chi connectivity index (χ3v) is 2.34. The molecule has 1 aromatic carbocycles. The smallest absolute Gasteiger partial charge is 0.344 e. The Morgan fingerprint density at radius 3 is 2.42 bits per heavy atom. The Morgan fingerprint density at radius 2 is 1.84 bits per heavy atom. The van der Waals surface area contributed by atoms with Gasteiger partial charge < -0.3 is 14.6 Å². The zero-order valence-electron chi connectivity index (χ0n) is 10.3. The fourth-order valence-electron chi connectivity index (χ4n) is 1.37. The minimum Gasteiger partial charge on any atom is -0.479 e. The third-order valence-electron chi connectivity index (χ3n) is 2.34. The molecule has 2 rings (SSSR count). The van der Waals surface area contributed by atoms with Crippen LogP contribution in [0.3, 0.4) is 0 Å². The summed E-state index contributed by atoms with van der Waals surface area (Å²) >= 11 is 0. The molecule has 19 heavy (non-hydrogen) atoms. The molecule has 1 atom stereocenters. The fourth-order valence-corrected chi connectivity index (χ4v) is 1.37. The summed E-state index contributed by atoms with van der Waals surface area (Å²) in [5.74, 6) is 0.571. The van der Waals surface area contributed by atoms with E-state index in [-0.39, 0.29) is 0 Å². The summed E-state index contributed by atoms with van der Waals surface area (Å²) in [6.07, 6.45) is 0.754. The molecular weight excluding hydrogens is 246 g/mol. The Hall–Kier alpha value is -2.56. The van der Waals surface area contributed by atoms with Crippen molar-refractivity contribution in [2.75, 3.05) is 0 Å². The molecule has 0 saturated carbocycles. The molecule has 5 nitrogen and oxygen atoms in total. The van der Waals surface area contributed by atoms with Crippen LogP contribution in [-0.4, -0.2) is 22.2 Å². The van der Waals surface area contributed by atoms with Crippen LogP contribution in [-0.2, 0) is 4.79 Å². The van der Waals surface area contributed by atoms with Gasteiger partial charge in [0.2, 0.25) is 5.88 Å². The topological polar surface area (TPSA) is 68.7 Å². The van der Waals surface area contributed by atoms with Gasteiger partial charge in [0, 0.05) is 12.3 Å². The first kappa shape index (κ1) is 12.9. The average Bonchev–Trinajstić information content (AvgIpc) is 2.42. The number of nitrogens with zero attached hydrogens (tertiary/aromatic N) is 1. The second-order valence-corrected chi connectivity index (χ2v) is 3.84. The van der Waals surface area contributed by atoms with Crippen LogP contribution in [0.15, 0.2) is 48.7 Å². The lowest BCUT2D eigenvalue weighted by atomic mass is 10.3. The van der Waals surface area contributed by atoms with Gasteiger partial charge >= 0.3 is 5.97 Å². The van der Waals surface area contributed by atoms with Gasteiger partial charge in [-0.3, -0.25) is 0 Å². The van der Waals surface area contributed by atoms with Gasteiger partial charge in [0.25, 0.3) is 0 Å². The number of benzene rings is 1. The van der Waals surface area contributed by atoms with E-state index in [0.717, 1.165) is 0 Å². The summed E-state index contributed by atoms with van der Waals surface area (Å²) in [7, 11) is 0. The minimum absolute atomic E-state index is 0.475. The Kier molecular flexibility index (Phi) is 3.97. The van der Waals surface area contributed by atoms with Crippen LogP contribution < -0.4 is 9.47 Å². The molecule has 98 valence electrons. The van der Waals surface area contributed by atoms with Crippen molar-refractivity contribution in [3.63, 3.8) is 0 Å². The summed E-state index contributed by atoms with van der Waals surface area (Å²) in [5, 5.41) is 8.73. The number of pyridine rings is 1. The number of hydrogen-bond acceptors (Lipinski definition) is 4. The van der Waals surface area contributed by atoms with Crippen LogP contribution in [0.4, 0.5) is 0 Å². The van der Waals surface area contributed by atoms with E-state index in [2.05, 4.69) is 4.98 Å². The van der Waals surface area contributed by atoms with Crippen molar-refractivity contribution < 1.29 is 19.4 Å². The zero-order valence-corrected chi connectivity index (χ0v) is 10.3. The largest absolute Gasteiger partial charge is 0.479 e. The quantitative estimate of drug-likeness (QED) is 0.894. The van der Waals surface area contributed by atoms with Gasteiger partial charge in [-0.05, 0) is 37.3 Å². The van der Waals surface area contributed by atoms with Gasteiger partial charge in [-0.1, -0.05) is 6.07 Å². The number of carboxylic acids is 1. The molecule has 0 aliphatic carbocycles. The molecule has 5 heteroatoms. The molecule has 1 N–H and O–H groups in total. The lowest BCUT2D eigenvalue weighted by Gasteiger charge is -2.10. The monoisotopic (exact) mass is 259 g/mol. The molecule has 1 heterocycles. The summed E-state index contributed by atoms with van der Waals surface area (Å²) in [6, 6.07) is 12.1. The van der Waals surface area contributed by atoms with Crippen molar-refractivity contribution in [1.82, 2.24) is 4.98 Å². The van der Waals surface area contributed by atoms with E-state index in [1.165, 1.54) is 6.92 Å². The number of aromatic nitrogens is 1. The highest BCUT2D eigenvalue weighted by molar-refractivity contribution is 5.72. The van der Waals surface area contributed by atoms with Crippen molar-refractivity contribution in [2.24, 2.45) is 0 Å². The van der Waals surface area contributed by atoms with Crippen LogP contribution >= 0.6 is 0 Å². The normalized spacial score (nSPS) is 11.6. The van der Waals surface area contributed by atoms with Crippen LogP contribution in [0, 0.1) is 0 Å². The molecule has 1 unspecified atom stereocenters. The van der Waals surface area contributed by atoms with Crippen molar-refractivity contribution in [3.05, 3.63) is 48.7 Å². The third kappa shape index (κ3) is 3.70. The number of carbonyl (C=O) groups is 1. The molecule has 0 radical (unpaired) electrons. The number of hydrogen-bond donors (Lipinski definition) is 1. The Balaban J connectivity index is 2.01. The van der Waals surface area contributed by atoms with Crippen molar-refractivity contribution >= 4 is 5.97 Å². The first-order valence-corrected chi connectivity index (χ1v) is 5.73. The highest BCUT2D eigenvalue weighted by atomic mass is 16.5. The van der Waals surface area contributed by atoms with Gasteiger partial charge in [-0.2, -0.15) is 0 Å². The van der Waals surface area contributed by atoms with E-state index in [1.54, 1.807) is 42.6 Å². The molecule has 0 saturated heterocycles. The number of ether oxygens (including phenoxy) is 2. The summed E-state index contributed by atoms with van der Waals surface area (Å²) in [4.78, 5) is 14.7. The summed E-state index contributed by atoms with van der Waals surface area (Å²) in [6.45, 7) is 1.47. The number of aliphatic carboxylic acids is 1. The van der Waals surface area contributed by atoms with E-state index < -0.39 is 12.1 Å². The standard InChI is InChI=1S/C14H13NO4/c1-10(14(16)17)18-11-5-7-12(8-6-11)19-13-4-2-3-9-15-13/h2-10H,1H3,(H,16,17). The van der Waals surface area contributed by atoms with E-state index in [4.69, 9.17) is 14.6 Å². The molecule has 0 fully saturated rings. The lowest BCUT2D eigenvalue weighted by Crippen LogP contribution is -2.22. The SMILES string of the molecule is CC(Oc1ccc(Oc2ccccn2)cc1)C(=O)O. The fraction of sp³-hybridized carbons (Fsp3) is 0.143. The van der Waals surface area contributed by atoms with Crippen LogP contribution in [0.1, 0.15) is 6.92 Å². The highest BCUT2D eigenvalue weighted by Gasteiger charge is 2.12. The number of carboxylic acid groups (broad SMARTS) is 1. The maximum absolute atomic E-state index is 10.7. The van der Waals surface area contributed by atoms with Gasteiger partial charge in [0.15, 0.2) is 6.10 Å². The predicted octanol–water partition coefficient (Wildman–Crippen LogP) is 2.73. The maximum atomic E-state index is 10.7. The van der Waals surface area contributed by atoms with Gasteiger partial charge in [-0.25, -0.2) is 9.78 Å².